The molecule has 3 rings (SSSR count). The van der Waals surface area contributed by atoms with Gasteiger partial charge in [-0.2, -0.15) is 0 Å². The molecule has 0 bridgehead atoms. The van der Waals surface area contributed by atoms with Crippen molar-refractivity contribution in [2.24, 2.45) is 0 Å². The summed E-state index contributed by atoms with van der Waals surface area (Å²) in [5.74, 6) is 0.220. The van der Waals surface area contributed by atoms with Crippen LogP contribution in [0.15, 0.2) is 48.7 Å². The molecule has 3 aromatic rings. The Balaban J connectivity index is 1.76. The lowest BCUT2D eigenvalue weighted by Crippen LogP contribution is -2.34. The highest BCUT2D eigenvalue weighted by Gasteiger charge is 2.24. The van der Waals surface area contributed by atoms with Gasteiger partial charge in [0.05, 0.1) is 6.04 Å². The van der Waals surface area contributed by atoms with Crippen LogP contribution >= 0.6 is 0 Å². The van der Waals surface area contributed by atoms with Gasteiger partial charge < -0.3 is 14.2 Å². The number of aromatic nitrogens is 3. The lowest BCUT2D eigenvalue weighted by molar-refractivity contribution is 0.0975. The molecule has 0 fully saturated rings. The number of nitrogens with zero attached hydrogens (tertiary/aromatic N) is 4. The minimum atomic E-state index is -0.413. The van der Waals surface area contributed by atoms with Crippen LogP contribution in [0.5, 0.6) is 0 Å². The highest BCUT2D eigenvalue weighted by molar-refractivity contribution is 5.94. The van der Waals surface area contributed by atoms with E-state index >= 15 is 0 Å². The summed E-state index contributed by atoms with van der Waals surface area (Å²) in [7, 11) is 1.69. The molecule has 0 saturated heterocycles. The Labute approximate surface area is 164 Å². The summed E-state index contributed by atoms with van der Waals surface area (Å²) in [4.78, 5) is 34.9. The molecule has 7 heteroatoms. The average molecular weight is 380 g/mol. The van der Waals surface area contributed by atoms with Crippen molar-refractivity contribution in [3.8, 4) is 0 Å². The molecular formula is C21H24N4O3. The number of rotatable bonds is 7. The van der Waals surface area contributed by atoms with E-state index in [9.17, 15) is 9.59 Å². The van der Waals surface area contributed by atoms with Crippen LogP contribution in [0.3, 0.4) is 0 Å². The molecule has 7 nitrogen and oxygen atoms in total. The number of pyridine rings is 1. The lowest BCUT2D eigenvalue weighted by atomic mass is 10.2. The van der Waals surface area contributed by atoms with Crippen molar-refractivity contribution in [2.45, 2.75) is 32.9 Å². The third-order valence-corrected chi connectivity index (χ3v) is 4.60. The number of hydrogen-bond acceptors (Lipinski definition) is 5. The van der Waals surface area contributed by atoms with E-state index in [1.165, 1.54) is 11.8 Å². The molecular weight excluding hydrogens is 356 g/mol. The summed E-state index contributed by atoms with van der Waals surface area (Å²) in [5, 5.41) is 0. The molecule has 146 valence electrons. The van der Waals surface area contributed by atoms with Crippen molar-refractivity contribution in [1.29, 1.82) is 0 Å². The highest BCUT2D eigenvalue weighted by Crippen LogP contribution is 2.23. The van der Waals surface area contributed by atoms with Gasteiger partial charge in [0.25, 0.3) is 0 Å². The van der Waals surface area contributed by atoms with Crippen LogP contribution in [0, 0.1) is 0 Å². The van der Waals surface area contributed by atoms with Gasteiger partial charge in [-0.25, -0.2) is 14.8 Å². The number of benzene rings is 1. The summed E-state index contributed by atoms with van der Waals surface area (Å²) < 4.78 is 7.23. The molecule has 1 atom stereocenters. The van der Waals surface area contributed by atoms with E-state index in [1.807, 2.05) is 47.9 Å². The Morgan fingerprint density at radius 2 is 1.93 bits per heavy atom. The fourth-order valence-corrected chi connectivity index (χ4v) is 3.14. The molecule has 2 aromatic heterocycles. The molecule has 0 aliphatic carbocycles. The maximum absolute atomic E-state index is 12.4. The summed E-state index contributed by atoms with van der Waals surface area (Å²) >= 11 is 0. The van der Waals surface area contributed by atoms with Crippen LogP contribution in [-0.2, 0) is 11.3 Å². The summed E-state index contributed by atoms with van der Waals surface area (Å²) in [6.07, 6.45) is 1.97. The van der Waals surface area contributed by atoms with E-state index in [1.54, 1.807) is 19.3 Å². The fraction of sp³-hybridized carbons (Fsp3) is 0.333. The largest absolute Gasteiger partial charge is 0.445 e. The van der Waals surface area contributed by atoms with Gasteiger partial charge in [-0.1, -0.05) is 37.3 Å². The second-order valence-corrected chi connectivity index (χ2v) is 6.69. The number of Topliss-reactive ketones (excluding diaryl/α,β-unsaturated/α-hetero) is 1. The second kappa shape index (κ2) is 8.65. The molecule has 0 unspecified atom stereocenters. The van der Waals surface area contributed by atoms with Crippen molar-refractivity contribution in [3.05, 3.63) is 60.0 Å². The van der Waals surface area contributed by atoms with E-state index in [0.29, 0.717) is 30.0 Å². The molecule has 0 spiro atoms. The number of imidazole rings is 1. The summed E-state index contributed by atoms with van der Waals surface area (Å²) in [6, 6.07) is 13.0. The van der Waals surface area contributed by atoms with Crippen LogP contribution < -0.4 is 0 Å². The van der Waals surface area contributed by atoms with Crippen molar-refractivity contribution in [3.63, 3.8) is 0 Å². The zero-order valence-corrected chi connectivity index (χ0v) is 16.3. The number of ketones is 1. The first kappa shape index (κ1) is 19.5. The molecule has 0 aliphatic heterocycles. The van der Waals surface area contributed by atoms with Crippen LogP contribution in [0.1, 0.15) is 42.5 Å². The smallest absolute Gasteiger partial charge is 0.409 e. The molecule has 0 aliphatic rings. The monoisotopic (exact) mass is 380 g/mol. The summed E-state index contributed by atoms with van der Waals surface area (Å²) in [6.45, 7) is 4.09. The SMILES string of the molecule is CC[C@@H](CN(C)C(=O)OCc1ccccc1)n1c(C(C)=O)nc2cccnc21. The van der Waals surface area contributed by atoms with Crippen molar-refractivity contribution < 1.29 is 14.3 Å². The van der Waals surface area contributed by atoms with E-state index in [4.69, 9.17) is 4.74 Å². The van der Waals surface area contributed by atoms with Gasteiger partial charge in [-0.3, -0.25) is 4.79 Å². The molecule has 0 saturated carbocycles. The lowest BCUT2D eigenvalue weighted by Gasteiger charge is -2.25. The summed E-state index contributed by atoms with van der Waals surface area (Å²) in [5.41, 5.74) is 2.24. The van der Waals surface area contributed by atoms with Gasteiger partial charge in [0.2, 0.25) is 0 Å². The average Bonchev–Trinajstić information content (AvgIpc) is 3.10. The first-order chi connectivity index (χ1) is 13.5. The second-order valence-electron chi connectivity index (χ2n) is 6.69. The van der Waals surface area contributed by atoms with Gasteiger partial charge in [0.15, 0.2) is 17.3 Å². The normalized spacial score (nSPS) is 12.0. The molecule has 2 heterocycles. The first-order valence-corrected chi connectivity index (χ1v) is 9.27. The number of ether oxygens (including phenoxy) is 1. The number of amides is 1. The minimum Gasteiger partial charge on any atom is -0.445 e. The van der Waals surface area contributed by atoms with Gasteiger partial charge in [-0.05, 0) is 24.1 Å². The number of hydrogen-bond donors (Lipinski definition) is 0. The maximum Gasteiger partial charge on any atom is 0.409 e. The van der Waals surface area contributed by atoms with Gasteiger partial charge in [0.1, 0.15) is 12.1 Å². The highest BCUT2D eigenvalue weighted by atomic mass is 16.6. The van der Waals surface area contributed by atoms with E-state index in [-0.39, 0.29) is 18.4 Å². The minimum absolute atomic E-state index is 0.134. The molecule has 0 radical (unpaired) electrons. The van der Waals surface area contributed by atoms with Crippen LogP contribution in [-0.4, -0.2) is 44.9 Å². The molecule has 1 amide bonds. The predicted molar refractivity (Wildman–Crippen MR) is 106 cm³/mol. The Bertz CT molecular complexity index is 968. The Morgan fingerprint density at radius 3 is 2.61 bits per heavy atom. The predicted octanol–water partition coefficient (Wildman–Crippen LogP) is 3.85. The van der Waals surface area contributed by atoms with Crippen LogP contribution in [0.4, 0.5) is 4.79 Å². The number of carbonyl (C=O) groups is 2. The standard InChI is InChI=1S/C21H24N4O3/c1-4-17(13-24(3)21(27)28-14-16-9-6-5-7-10-16)25-19(15(2)26)23-18-11-8-12-22-20(18)25/h5-12,17H,4,13-14H2,1-3H3/t17-/m0/s1. The topological polar surface area (TPSA) is 77.3 Å². The zero-order chi connectivity index (χ0) is 20.1. The molecule has 1 aromatic carbocycles. The Morgan fingerprint density at radius 1 is 1.18 bits per heavy atom. The number of fused-ring (bicyclic) bond motifs is 1. The number of likely N-dealkylation sites (N-methyl/N-ethyl adjacent to an activating group) is 1. The Hall–Kier alpha value is -3.22. The van der Waals surface area contributed by atoms with Crippen molar-refractivity contribution in [1.82, 2.24) is 19.4 Å². The van der Waals surface area contributed by atoms with Crippen LogP contribution in [0.25, 0.3) is 11.2 Å². The van der Waals surface area contributed by atoms with Gasteiger partial charge in [0, 0.05) is 26.7 Å². The zero-order valence-electron chi connectivity index (χ0n) is 16.3. The van der Waals surface area contributed by atoms with E-state index in [0.717, 1.165) is 5.56 Å². The Kier molecular flexibility index (Phi) is 6.03. The maximum atomic E-state index is 12.4. The van der Waals surface area contributed by atoms with Gasteiger partial charge >= 0.3 is 6.09 Å². The molecule has 0 N–H and O–H groups in total. The quantitative estimate of drug-likeness (QED) is 0.582. The molecule has 28 heavy (non-hydrogen) atoms. The number of carbonyl (C=O) groups excluding carboxylic acids is 2. The van der Waals surface area contributed by atoms with Crippen molar-refractivity contribution in [2.75, 3.05) is 13.6 Å². The van der Waals surface area contributed by atoms with Gasteiger partial charge in [-0.15, -0.1) is 0 Å². The van der Waals surface area contributed by atoms with E-state index < -0.39 is 6.09 Å². The fourth-order valence-electron chi connectivity index (χ4n) is 3.14. The first-order valence-electron chi connectivity index (χ1n) is 9.27. The third kappa shape index (κ3) is 4.19. The van der Waals surface area contributed by atoms with Crippen molar-refractivity contribution >= 4 is 23.0 Å². The third-order valence-electron chi connectivity index (χ3n) is 4.60. The van der Waals surface area contributed by atoms with Crippen LogP contribution in [0.2, 0.25) is 0 Å². The van der Waals surface area contributed by atoms with E-state index in [2.05, 4.69) is 9.97 Å².